The maximum absolute atomic E-state index is 13.1. The van der Waals surface area contributed by atoms with Crippen LogP contribution in [-0.4, -0.2) is 45.3 Å². The highest BCUT2D eigenvalue weighted by atomic mass is 16.5. The highest BCUT2D eigenvalue weighted by molar-refractivity contribution is 5.88. The van der Waals surface area contributed by atoms with E-state index in [2.05, 4.69) is 11.1 Å². The van der Waals surface area contributed by atoms with Crippen molar-refractivity contribution >= 4 is 17.8 Å². The van der Waals surface area contributed by atoms with E-state index < -0.39 is 35.6 Å². The number of ether oxygens (including phenoxy) is 1. The number of hydrogen-bond donors (Lipinski definition) is 2. The van der Waals surface area contributed by atoms with Crippen molar-refractivity contribution in [2.24, 2.45) is 17.3 Å². The number of Topliss-reactive ketones (excluding diaryl/α,β-unsaturated/α-hetero) is 1. The number of hydrogen-bond acceptors (Lipinski definition) is 6. The number of aromatic nitrogens is 1. The minimum atomic E-state index is -1.21. The molecule has 0 spiro atoms. The number of allylic oxidation sites excluding steroid dienone is 1. The van der Waals surface area contributed by atoms with E-state index in [1.165, 1.54) is 5.57 Å². The summed E-state index contributed by atoms with van der Waals surface area (Å²) >= 11 is 0. The zero-order valence-corrected chi connectivity index (χ0v) is 20.5. The molecule has 1 aromatic rings. The fraction of sp³-hybridized carbons (Fsp3) is 0.593. The Morgan fingerprint density at radius 2 is 1.82 bits per heavy atom. The summed E-state index contributed by atoms with van der Waals surface area (Å²) < 4.78 is 5.68. The molecule has 0 amide bonds. The molecule has 2 N–H and O–H groups in total. The molecule has 2 unspecified atom stereocenters. The van der Waals surface area contributed by atoms with Crippen LogP contribution in [0.3, 0.4) is 0 Å². The number of ketones is 1. The second-order valence-electron chi connectivity index (χ2n) is 9.91. The third-order valence-electron chi connectivity index (χ3n) is 6.76. The van der Waals surface area contributed by atoms with Crippen molar-refractivity contribution < 1.29 is 24.5 Å². The van der Waals surface area contributed by atoms with Gasteiger partial charge < -0.3 is 14.9 Å². The van der Waals surface area contributed by atoms with Gasteiger partial charge in [-0.25, -0.2) is 0 Å². The van der Waals surface area contributed by atoms with E-state index in [0.717, 1.165) is 24.8 Å². The van der Waals surface area contributed by atoms with Crippen molar-refractivity contribution in [3.8, 4) is 0 Å². The molecule has 0 radical (unpaired) electrons. The van der Waals surface area contributed by atoms with Crippen molar-refractivity contribution in [2.75, 3.05) is 0 Å². The van der Waals surface area contributed by atoms with Gasteiger partial charge in [-0.1, -0.05) is 45.4 Å². The van der Waals surface area contributed by atoms with Gasteiger partial charge >= 0.3 is 5.97 Å². The van der Waals surface area contributed by atoms with E-state index in [0.29, 0.717) is 6.42 Å². The van der Waals surface area contributed by atoms with E-state index in [4.69, 9.17) is 4.74 Å². The predicted octanol–water partition coefficient (Wildman–Crippen LogP) is 4.51. The highest BCUT2D eigenvalue weighted by Gasteiger charge is 2.42. The number of esters is 1. The molecule has 2 heterocycles. The molecule has 182 valence electrons. The summed E-state index contributed by atoms with van der Waals surface area (Å²) in [6, 6.07) is 3.73. The smallest absolute Gasteiger partial charge is 0.309 e. The Kier molecular flexibility index (Phi) is 9.99. The van der Waals surface area contributed by atoms with Crippen molar-refractivity contribution in [3.05, 3.63) is 47.8 Å². The minimum absolute atomic E-state index is 0.0430. The summed E-state index contributed by atoms with van der Waals surface area (Å²) in [7, 11) is 0. The molecule has 6 heteroatoms. The summed E-state index contributed by atoms with van der Waals surface area (Å²) in [5, 5.41) is 21.5. The van der Waals surface area contributed by atoms with Crippen LogP contribution < -0.4 is 0 Å². The SMILES string of the molecule is C/C1=C/C[C@@H](C=Cc2ccncc2)OC(=O)CC(O)C(C)(C)C(=O)C(C)[C@@H](O)[C@@H](C)CCC1. The van der Waals surface area contributed by atoms with E-state index in [-0.39, 0.29) is 18.1 Å². The van der Waals surface area contributed by atoms with Gasteiger partial charge in [0.25, 0.3) is 0 Å². The van der Waals surface area contributed by atoms with Crippen LogP contribution in [0.15, 0.2) is 42.3 Å². The lowest BCUT2D eigenvalue weighted by Crippen LogP contribution is -2.45. The maximum Gasteiger partial charge on any atom is 0.309 e. The van der Waals surface area contributed by atoms with E-state index in [1.807, 2.05) is 38.1 Å². The molecule has 1 aliphatic rings. The molecule has 6 nitrogen and oxygen atoms in total. The molecule has 33 heavy (non-hydrogen) atoms. The molecule has 5 atom stereocenters. The average Bonchev–Trinajstić information content (AvgIpc) is 2.79. The Morgan fingerprint density at radius 1 is 1.15 bits per heavy atom. The van der Waals surface area contributed by atoms with Gasteiger partial charge in [-0.2, -0.15) is 0 Å². The van der Waals surface area contributed by atoms with Crippen molar-refractivity contribution in [2.45, 2.75) is 85.0 Å². The molecular formula is C27H39NO5. The number of nitrogens with zero attached hydrogens (tertiary/aromatic N) is 1. The van der Waals surface area contributed by atoms with Crippen LogP contribution in [0.2, 0.25) is 0 Å². The van der Waals surface area contributed by atoms with Gasteiger partial charge in [-0.05, 0) is 55.9 Å². The third-order valence-corrected chi connectivity index (χ3v) is 6.76. The summed E-state index contributed by atoms with van der Waals surface area (Å²) in [6.45, 7) is 8.95. The van der Waals surface area contributed by atoms with Gasteiger partial charge in [0.1, 0.15) is 11.9 Å². The Balaban J connectivity index is 2.27. The van der Waals surface area contributed by atoms with Crippen LogP contribution in [-0.2, 0) is 14.3 Å². The molecule has 1 aliphatic heterocycles. The third kappa shape index (κ3) is 7.90. The molecule has 0 fully saturated rings. The zero-order valence-electron chi connectivity index (χ0n) is 20.5. The van der Waals surface area contributed by atoms with E-state index in [1.54, 1.807) is 33.2 Å². The van der Waals surface area contributed by atoms with Crippen LogP contribution in [0.4, 0.5) is 0 Å². The largest absolute Gasteiger partial charge is 0.458 e. The van der Waals surface area contributed by atoms with Gasteiger partial charge in [0.15, 0.2) is 0 Å². The summed E-state index contributed by atoms with van der Waals surface area (Å²) in [4.78, 5) is 29.8. The van der Waals surface area contributed by atoms with Crippen LogP contribution >= 0.6 is 0 Å². The van der Waals surface area contributed by atoms with Crippen LogP contribution in [0.1, 0.15) is 72.3 Å². The Hall–Kier alpha value is -2.31. The highest BCUT2D eigenvalue weighted by Crippen LogP contribution is 2.32. The van der Waals surface area contributed by atoms with Crippen molar-refractivity contribution in [1.29, 1.82) is 0 Å². The summed E-state index contributed by atoms with van der Waals surface area (Å²) in [5.74, 6) is -1.49. The van der Waals surface area contributed by atoms with Crippen LogP contribution in [0.5, 0.6) is 0 Å². The predicted molar refractivity (Wildman–Crippen MR) is 129 cm³/mol. The molecule has 0 saturated heterocycles. The fourth-order valence-electron chi connectivity index (χ4n) is 4.18. The lowest BCUT2D eigenvalue weighted by Gasteiger charge is -2.34. The Labute approximate surface area is 197 Å². The molecule has 0 bridgehead atoms. The zero-order chi connectivity index (χ0) is 24.6. The summed E-state index contributed by atoms with van der Waals surface area (Å²) in [6.07, 6.45) is 9.50. The lowest BCUT2D eigenvalue weighted by atomic mass is 9.73. The molecule has 0 saturated carbocycles. The van der Waals surface area contributed by atoms with Crippen molar-refractivity contribution in [3.63, 3.8) is 0 Å². The average molecular weight is 458 g/mol. The summed E-state index contributed by atoms with van der Waals surface area (Å²) in [5.41, 5.74) is 0.948. The normalized spacial score (nSPS) is 32.2. The number of rotatable bonds is 2. The van der Waals surface area contributed by atoms with Crippen LogP contribution in [0.25, 0.3) is 6.08 Å². The number of pyridine rings is 1. The molecule has 2 rings (SSSR count). The maximum atomic E-state index is 13.1. The van der Waals surface area contributed by atoms with E-state index >= 15 is 0 Å². The first-order chi connectivity index (χ1) is 15.5. The first-order valence-corrected chi connectivity index (χ1v) is 11.9. The number of cyclic esters (lactones) is 1. The fourth-order valence-corrected chi connectivity index (χ4v) is 4.18. The molecule has 1 aromatic heterocycles. The Morgan fingerprint density at radius 3 is 2.48 bits per heavy atom. The first kappa shape index (κ1) is 26.9. The van der Waals surface area contributed by atoms with Crippen molar-refractivity contribution in [1.82, 2.24) is 4.98 Å². The van der Waals surface area contributed by atoms with Gasteiger partial charge in [-0.3, -0.25) is 14.6 Å². The standard InChI is InChI=1S/C27H39NO5/c1-18-7-6-8-19(2)25(31)20(3)26(32)27(4,5)23(29)17-24(30)33-22(11-9-18)12-10-21-13-15-28-16-14-21/h9-10,12-16,19-20,22-23,25,29,31H,6-8,11,17H2,1-5H3/b12-10?,18-9-/t19-,20?,22-,23?,25-/m0/s1. The molecule has 0 aliphatic carbocycles. The number of aliphatic hydroxyl groups is 2. The molecular weight excluding hydrogens is 418 g/mol. The minimum Gasteiger partial charge on any atom is -0.458 e. The van der Waals surface area contributed by atoms with Gasteiger partial charge in [0.05, 0.1) is 24.0 Å². The molecule has 0 aromatic carbocycles. The van der Waals surface area contributed by atoms with Crippen LogP contribution in [0, 0.1) is 17.3 Å². The van der Waals surface area contributed by atoms with Gasteiger partial charge in [0.2, 0.25) is 0 Å². The first-order valence-electron chi connectivity index (χ1n) is 11.9. The van der Waals surface area contributed by atoms with Gasteiger partial charge in [-0.15, -0.1) is 0 Å². The second kappa shape index (κ2) is 12.2. The number of aliphatic hydroxyl groups excluding tert-OH is 2. The van der Waals surface area contributed by atoms with Gasteiger partial charge in [0, 0.05) is 24.7 Å². The topological polar surface area (TPSA) is 96.7 Å². The number of carbonyl (C=O) groups excluding carboxylic acids is 2. The quantitative estimate of drug-likeness (QED) is 0.501. The second-order valence-corrected chi connectivity index (χ2v) is 9.91. The monoisotopic (exact) mass is 457 g/mol. The van der Waals surface area contributed by atoms with E-state index in [9.17, 15) is 19.8 Å². The number of carbonyl (C=O) groups is 2. The lowest BCUT2D eigenvalue weighted by molar-refractivity contribution is -0.153. The Bertz CT molecular complexity index is 845.